The average Bonchev–Trinajstić information content (AvgIpc) is 3.47. The van der Waals surface area contributed by atoms with E-state index < -0.39 is 12.1 Å². The molecule has 0 bridgehead atoms. The SMILES string of the molecule is CC/C=C\C/C=C\C/C=C\C/C=C\C/C=C\C/C=C\C/C=C\CCCCCCCC(=O)OCC(COC(=O)CCCCCCCCC/C=C\C/C=C\C/C=C\CC)OC(=O)CC/C=C\C/C=C\C/C=C\C/C=C\C/C=C\C/C=C\CC. The highest BCUT2D eigenvalue weighted by Crippen LogP contribution is 2.13. The van der Waals surface area contributed by atoms with Gasteiger partial charge in [0.15, 0.2) is 6.10 Å². The van der Waals surface area contributed by atoms with E-state index in [1.807, 2.05) is 12.2 Å². The van der Waals surface area contributed by atoms with Gasteiger partial charge in [-0.2, -0.15) is 0 Å². The molecule has 0 aromatic rings. The molecule has 0 saturated carbocycles. The van der Waals surface area contributed by atoms with Crippen molar-refractivity contribution in [1.29, 1.82) is 0 Å². The number of allylic oxidation sites excluding steroid dienone is 32. The number of carbonyl (C=O) groups excluding carboxylic acids is 3. The molecule has 0 radical (unpaired) electrons. The van der Waals surface area contributed by atoms with Crippen LogP contribution in [0.5, 0.6) is 0 Å². The van der Waals surface area contributed by atoms with Crippen LogP contribution >= 0.6 is 0 Å². The zero-order valence-corrected chi connectivity index (χ0v) is 51.5. The summed E-state index contributed by atoms with van der Waals surface area (Å²) in [6.45, 7) is 6.20. The molecule has 1 unspecified atom stereocenters. The van der Waals surface area contributed by atoms with E-state index in [-0.39, 0.29) is 31.6 Å². The maximum atomic E-state index is 12.9. The third-order valence-corrected chi connectivity index (χ3v) is 12.6. The van der Waals surface area contributed by atoms with Gasteiger partial charge in [-0.3, -0.25) is 14.4 Å². The van der Waals surface area contributed by atoms with Crippen LogP contribution in [0, 0.1) is 0 Å². The van der Waals surface area contributed by atoms with E-state index >= 15 is 0 Å². The average molecular weight is 1110 g/mol. The predicted octanol–water partition coefficient (Wildman–Crippen LogP) is 22.2. The van der Waals surface area contributed by atoms with E-state index in [2.05, 4.69) is 203 Å². The first-order valence-electron chi connectivity index (χ1n) is 31.9. The van der Waals surface area contributed by atoms with Gasteiger partial charge in [-0.1, -0.05) is 267 Å². The molecule has 0 aliphatic heterocycles. The van der Waals surface area contributed by atoms with Crippen molar-refractivity contribution in [2.75, 3.05) is 13.2 Å². The molecule has 450 valence electrons. The van der Waals surface area contributed by atoms with E-state index in [0.29, 0.717) is 19.3 Å². The highest BCUT2D eigenvalue weighted by Gasteiger charge is 2.19. The minimum atomic E-state index is -0.845. The summed E-state index contributed by atoms with van der Waals surface area (Å²) in [5, 5.41) is 0. The smallest absolute Gasteiger partial charge is 0.306 e. The van der Waals surface area contributed by atoms with Crippen molar-refractivity contribution >= 4 is 17.9 Å². The Morgan fingerprint density at radius 1 is 0.247 bits per heavy atom. The Kier molecular flexibility index (Phi) is 62.0. The van der Waals surface area contributed by atoms with Crippen LogP contribution in [0.1, 0.15) is 239 Å². The molecule has 0 saturated heterocycles. The third kappa shape index (κ3) is 64.9. The van der Waals surface area contributed by atoms with Crippen molar-refractivity contribution in [2.24, 2.45) is 0 Å². The molecule has 6 nitrogen and oxygen atoms in total. The van der Waals surface area contributed by atoms with Crippen LogP contribution in [-0.2, 0) is 28.6 Å². The maximum absolute atomic E-state index is 12.9. The van der Waals surface area contributed by atoms with E-state index in [0.717, 1.165) is 167 Å². The zero-order valence-electron chi connectivity index (χ0n) is 51.5. The zero-order chi connectivity index (χ0) is 58.5. The lowest BCUT2D eigenvalue weighted by Gasteiger charge is -2.18. The number of hydrogen-bond donors (Lipinski definition) is 0. The van der Waals surface area contributed by atoms with Gasteiger partial charge in [0.2, 0.25) is 0 Å². The Bertz CT molecular complexity index is 1950. The van der Waals surface area contributed by atoms with Gasteiger partial charge in [0.05, 0.1) is 0 Å². The number of hydrogen-bond acceptors (Lipinski definition) is 6. The Morgan fingerprint density at radius 2 is 0.469 bits per heavy atom. The van der Waals surface area contributed by atoms with Crippen molar-refractivity contribution in [2.45, 2.75) is 245 Å². The van der Waals surface area contributed by atoms with Gasteiger partial charge in [0, 0.05) is 19.3 Å². The molecule has 0 rings (SSSR count). The first-order valence-corrected chi connectivity index (χ1v) is 31.9. The molecule has 0 amide bonds. The van der Waals surface area contributed by atoms with Crippen molar-refractivity contribution in [3.8, 4) is 0 Å². The van der Waals surface area contributed by atoms with Gasteiger partial charge in [-0.05, 0) is 148 Å². The van der Waals surface area contributed by atoms with E-state index in [9.17, 15) is 14.4 Å². The van der Waals surface area contributed by atoms with Gasteiger partial charge in [0.25, 0.3) is 0 Å². The van der Waals surface area contributed by atoms with Crippen LogP contribution in [-0.4, -0.2) is 37.2 Å². The van der Waals surface area contributed by atoms with E-state index in [4.69, 9.17) is 14.2 Å². The van der Waals surface area contributed by atoms with Crippen LogP contribution in [0.15, 0.2) is 194 Å². The summed E-state index contributed by atoms with van der Waals surface area (Å²) in [4.78, 5) is 38.3. The second-order valence-electron chi connectivity index (χ2n) is 20.2. The first-order chi connectivity index (χ1) is 40.0. The maximum Gasteiger partial charge on any atom is 0.306 e. The van der Waals surface area contributed by atoms with Crippen LogP contribution in [0.3, 0.4) is 0 Å². The Morgan fingerprint density at radius 3 is 0.741 bits per heavy atom. The second-order valence-corrected chi connectivity index (χ2v) is 20.2. The minimum Gasteiger partial charge on any atom is -0.462 e. The van der Waals surface area contributed by atoms with Gasteiger partial charge in [-0.25, -0.2) is 0 Å². The predicted molar refractivity (Wildman–Crippen MR) is 352 cm³/mol. The summed E-state index contributed by atoms with van der Waals surface area (Å²) in [5.41, 5.74) is 0. The van der Waals surface area contributed by atoms with Crippen molar-refractivity contribution in [3.05, 3.63) is 194 Å². The molecular weight excluding hydrogens is 997 g/mol. The van der Waals surface area contributed by atoms with E-state index in [1.165, 1.54) is 25.7 Å². The third-order valence-electron chi connectivity index (χ3n) is 12.6. The monoisotopic (exact) mass is 1110 g/mol. The molecule has 0 fully saturated rings. The summed E-state index contributed by atoms with van der Waals surface area (Å²) in [6.07, 6.45) is 102. The summed E-state index contributed by atoms with van der Waals surface area (Å²) >= 11 is 0. The Labute approximate surface area is 497 Å². The van der Waals surface area contributed by atoms with Crippen LogP contribution in [0.4, 0.5) is 0 Å². The second kappa shape index (κ2) is 66.8. The summed E-state index contributed by atoms with van der Waals surface area (Å²) in [6, 6.07) is 0. The molecule has 6 heteroatoms. The largest absolute Gasteiger partial charge is 0.462 e. The lowest BCUT2D eigenvalue weighted by molar-refractivity contribution is -0.166. The minimum absolute atomic E-state index is 0.130. The van der Waals surface area contributed by atoms with Crippen molar-refractivity contribution in [1.82, 2.24) is 0 Å². The van der Waals surface area contributed by atoms with E-state index in [1.54, 1.807) is 0 Å². The molecule has 0 heterocycles. The van der Waals surface area contributed by atoms with Crippen LogP contribution < -0.4 is 0 Å². The molecule has 1 atom stereocenters. The molecule has 81 heavy (non-hydrogen) atoms. The van der Waals surface area contributed by atoms with Gasteiger partial charge in [0.1, 0.15) is 13.2 Å². The molecular formula is C75H114O6. The molecule has 0 aliphatic rings. The number of unbranched alkanes of at least 4 members (excludes halogenated alkanes) is 12. The highest BCUT2D eigenvalue weighted by molar-refractivity contribution is 5.71. The fourth-order valence-corrected chi connectivity index (χ4v) is 7.93. The number of carbonyl (C=O) groups is 3. The molecule has 0 aliphatic carbocycles. The van der Waals surface area contributed by atoms with Gasteiger partial charge >= 0.3 is 17.9 Å². The molecule has 0 aromatic heterocycles. The first kappa shape index (κ1) is 75.2. The van der Waals surface area contributed by atoms with Crippen molar-refractivity contribution < 1.29 is 28.6 Å². The summed E-state index contributed by atoms with van der Waals surface area (Å²) in [7, 11) is 0. The highest BCUT2D eigenvalue weighted by atomic mass is 16.6. The standard InChI is InChI=1S/C75H114O6/c1-4-7-10-13-16-19-22-25-28-31-33-34-35-36-37-38-39-40-42-44-47-50-53-56-59-62-65-68-74(77)80-71-72(70-79-73(76)67-64-61-58-55-52-49-46-43-30-27-24-21-18-15-12-9-6-3)81-75(78)69-66-63-60-57-54-51-48-45-41-32-29-26-23-20-17-14-11-8-5-2/h7-12,16-21,25-30,33-34,36-37,39-41,44-45,47,51,54,60,63,72H,4-6,13-15,22-24,31-32,35,38,42-43,46,48-50,52-53,55-59,61-62,64-71H2,1-3H3/b10-7-,11-8-,12-9-,19-16-,20-17-,21-18-,28-25-,29-26-,30-27-,34-33-,37-36-,40-39-,45-41-,47-44-,54-51-,63-60-. The lowest BCUT2D eigenvalue weighted by Crippen LogP contribution is -2.30. The fourth-order valence-electron chi connectivity index (χ4n) is 7.93. The number of esters is 3. The number of ether oxygens (including phenoxy) is 3. The number of rotatable bonds is 55. The van der Waals surface area contributed by atoms with Crippen LogP contribution in [0.2, 0.25) is 0 Å². The summed E-state index contributed by atoms with van der Waals surface area (Å²) in [5.74, 6) is -1.05. The van der Waals surface area contributed by atoms with Crippen molar-refractivity contribution in [3.63, 3.8) is 0 Å². The summed E-state index contributed by atoms with van der Waals surface area (Å²) < 4.78 is 16.8. The molecule has 0 N–H and O–H groups in total. The fraction of sp³-hybridized carbons (Fsp3) is 0.533. The normalized spacial score (nSPS) is 13.5. The molecule has 0 aromatic carbocycles. The quantitative estimate of drug-likeness (QED) is 0.0261. The van der Waals surface area contributed by atoms with Gasteiger partial charge < -0.3 is 14.2 Å². The van der Waals surface area contributed by atoms with Crippen LogP contribution in [0.25, 0.3) is 0 Å². The molecule has 0 spiro atoms. The van der Waals surface area contributed by atoms with Gasteiger partial charge in [-0.15, -0.1) is 0 Å². The lowest BCUT2D eigenvalue weighted by atomic mass is 10.1. The topological polar surface area (TPSA) is 78.9 Å². The Hall–Kier alpha value is -5.75. The Balaban J connectivity index is 4.56.